The summed E-state index contributed by atoms with van der Waals surface area (Å²) in [5, 5.41) is 15.1. The lowest BCUT2D eigenvalue weighted by Gasteiger charge is -2.45. The van der Waals surface area contributed by atoms with Crippen LogP contribution in [0.15, 0.2) is 35.8 Å². The SMILES string of the molecule is C=CC(=O)N1CCN(c2nc(N3CC(N(CC)CC)C3)nc3c(=O)n(-c4c(Cl)ccc5c4CCC5)ncc23)CC1CC#N. The molecule has 0 radical (unpaired) electrons. The number of aromatic nitrogens is 4. The number of hydrogen-bond acceptors (Lipinski definition) is 9. The minimum atomic E-state index is -0.348. The van der Waals surface area contributed by atoms with Gasteiger partial charge < -0.3 is 14.7 Å². The highest BCUT2D eigenvalue weighted by atomic mass is 35.5. The van der Waals surface area contributed by atoms with Crippen molar-refractivity contribution in [3.63, 3.8) is 0 Å². The number of anilines is 2. The number of amides is 1. The van der Waals surface area contributed by atoms with Crippen LogP contribution in [0.3, 0.4) is 0 Å². The van der Waals surface area contributed by atoms with Crippen LogP contribution in [0, 0.1) is 11.3 Å². The number of piperazine rings is 1. The first-order chi connectivity index (χ1) is 20.9. The van der Waals surface area contributed by atoms with Gasteiger partial charge in [-0.25, -0.2) is 4.98 Å². The Kier molecular flexibility index (Phi) is 8.07. The number of likely N-dealkylation sites (N-methyl/N-ethyl adjacent to an activating group) is 1. The number of hydrogen-bond donors (Lipinski definition) is 0. The van der Waals surface area contributed by atoms with Gasteiger partial charge in [-0.05, 0) is 55.6 Å². The van der Waals surface area contributed by atoms with E-state index in [1.54, 1.807) is 11.1 Å². The van der Waals surface area contributed by atoms with Crippen LogP contribution < -0.4 is 15.4 Å². The first-order valence-corrected chi connectivity index (χ1v) is 15.4. The monoisotopic (exact) mass is 601 g/mol. The second kappa shape index (κ2) is 11.9. The zero-order valence-electron chi connectivity index (χ0n) is 24.7. The third-order valence-corrected chi connectivity index (χ3v) is 9.37. The smallest absolute Gasteiger partial charge is 0.298 e. The average molecular weight is 602 g/mol. The van der Waals surface area contributed by atoms with Crippen LogP contribution in [0.4, 0.5) is 11.8 Å². The minimum absolute atomic E-state index is 0.173. The Labute approximate surface area is 256 Å². The van der Waals surface area contributed by atoms with Gasteiger partial charge in [-0.1, -0.05) is 38.1 Å². The van der Waals surface area contributed by atoms with E-state index in [2.05, 4.69) is 41.4 Å². The molecule has 4 heterocycles. The van der Waals surface area contributed by atoms with Crippen molar-refractivity contribution in [2.75, 3.05) is 55.6 Å². The van der Waals surface area contributed by atoms with E-state index < -0.39 is 0 Å². The topological polar surface area (TPSA) is 114 Å². The Hall–Kier alpha value is -4.01. The molecular formula is C31H36ClN9O2. The minimum Gasteiger partial charge on any atom is -0.352 e. The van der Waals surface area contributed by atoms with Gasteiger partial charge in [-0.15, -0.1) is 0 Å². The second-order valence-corrected chi connectivity index (χ2v) is 11.7. The summed E-state index contributed by atoms with van der Waals surface area (Å²) in [6.45, 7) is 12.7. The summed E-state index contributed by atoms with van der Waals surface area (Å²) in [6, 6.07) is 6.13. The van der Waals surface area contributed by atoms with Gasteiger partial charge in [-0.2, -0.15) is 20.0 Å². The van der Waals surface area contributed by atoms with Crippen LogP contribution in [0.2, 0.25) is 5.02 Å². The lowest BCUT2D eigenvalue weighted by molar-refractivity contribution is -0.128. The predicted molar refractivity (Wildman–Crippen MR) is 167 cm³/mol. The summed E-state index contributed by atoms with van der Waals surface area (Å²) in [4.78, 5) is 44.8. The molecule has 2 aromatic heterocycles. The van der Waals surface area contributed by atoms with Crippen molar-refractivity contribution in [3.05, 3.63) is 57.5 Å². The van der Waals surface area contributed by atoms with Gasteiger partial charge in [0.2, 0.25) is 11.9 Å². The number of aryl methyl sites for hydroxylation is 1. The van der Waals surface area contributed by atoms with Gasteiger partial charge in [0.05, 0.1) is 40.8 Å². The zero-order valence-corrected chi connectivity index (χ0v) is 25.4. The molecule has 1 unspecified atom stereocenters. The number of carbonyl (C=O) groups excluding carboxylic acids is 1. The number of fused-ring (bicyclic) bond motifs is 2. The summed E-state index contributed by atoms with van der Waals surface area (Å²) < 4.78 is 1.39. The number of carbonyl (C=O) groups is 1. The molecule has 3 aliphatic rings. The molecule has 0 saturated carbocycles. The number of benzene rings is 1. The summed E-state index contributed by atoms with van der Waals surface area (Å²) in [5.74, 6) is 0.876. The first kappa shape index (κ1) is 29.1. The third-order valence-electron chi connectivity index (χ3n) is 9.07. The quantitative estimate of drug-likeness (QED) is 0.359. The Morgan fingerprint density at radius 1 is 1.16 bits per heavy atom. The summed E-state index contributed by atoms with van der Waals surface area (Å²) >= 11 is 6.68. The molecule has 12 heteroatoms. The molecule has 1 atom stereocenters. The van der Waals surface area contributed by atoms with Gasteiger partial charge >= 0.3 is 0 Å². The molecule has 0 spiro atoms. The number of nitrogens with zero attached hydrogens (tertiary/aromatic N) is 9. The maximum atomic E-state index is 14.2. The maximum absolute atomic E-state index is 14.2. The van der Waals surface area contributed by atoms with Gasteiger partial charge in [0, 0.05) is 38.8 Å². The highest BCUT2D eigenvalue weighted by molar-refractivity contribution is 6.32. The molecule has 0 N–H and O–H groups in total. The van der Waals surface area contributed by atoms with Crippen LogP contribution in [0.1, 0.15) is 37.8 Å². The number of halogens is 1. The molecule has 3 aromatic rings. The molecule has 2 aliphatic heterocycles. The van der Waals surface area contributed by atoms with E-state index in [9.17, 15) is 14.9 Å². The molecule has 6 rings (SSSR count). The van der Waals surface area contributed by atoms with Crippen molar-refractivity contribution in [1.29, 1.82) is 5.26 Å². The predicted octanol–water partition coefficient (Wildman–Crippen LogP) is 2.97. The van der Waals surface area contributed by atoms with Crippen molar-refractivity contribution >= 4 is 40.2 Å². The summed E-state index contributed by atoms with van der Waals surface area (Å²) in [7, 11) is 0. The fraction of sp³-hybridized carbons (Fsp3) is 0.484. The molecule has 0 bridgehead atoms. The van der Waals surface area contributed by atoms with Crippen molar-refractivity contribution in [2.24, 2.45) is 0 Å². The van der Waals surface area contributed by atoms with Gasteiger partial charge in [0.15, 0.2) is 0 Å². The van der Waals surface area contributed by atoms with Gasteiger partial charge in [-0.3, -0.25) is 14.5 Å². The fourth-order valence-corrected chi connectivity index (χ4v) is 6.97. The van der Waals surface area contributed by atoms with Crippen LogP contribution >= 0.6 is 11.6 Å². The van der Waals surface area contributed by atoms with Crippen molar-refractivity contribution in [1.82, 2.24) is 29.5 Å². The van der Waals surface area contributed by atoms with Gasteiger partial charge in [0.25, 0.3) is 5.56 Å². The standard InChI is InChI=1S/C31H36ClN9O2/c1-4-26(42)40-15-14-38(17-21(40)12-13-33)29-24-16-34-41(28-23-9-7-8-20(23)10-11-25(28)32)30(43)27(24)35-31(36-29)39-18-22(19-39)37(5-2)6-3/h4,10-11,16,21-22H,1,5-9,12,14-15,17-19H2,2-3H3. The largest absolute Gasteiger partial charge is 0.352 e. The van der Waals surface area contributed by atoms with E-state index in [1.165, 1.54) is 16.3 Å². The Morgan fingerprint density at radius 2 is 1.95 bits per heavy atom. The van der Waals surface area contributed by atoms with Crippen LogP contribution in [0.5, 0.6) is 0 Å². The highest BCUT2D eigenvalue weighted by Crippen LogP contribution is 2.34. The molecule has 1 amide bonds. The molecule has 1 aliphatic carbocycles. The van der Waals surface area contributed by atoms with Crippen LogP contribution in [-0.2, 0) is 17.6 Å². The van der Waals surface area contributed by atoms with E-state index in [-0.39, 0.29) is 29.4 Å². The maximum Gasteiger partial charge on any atom is 0.298 e. The lowest BCUT2D eigenvalue weighted by Crippen LogP contribution is -2.60. The van der Waals surface area contributed by atoms with Crippen molar-refractivity contribution < 1.29 is 4.79 Å². The van der Waals surface area contributed by atoms with E-state index >= 15 is 0 Å². The van der Waals surface area contributed by atoms with Crippen molar-refractivity contribution in [3.8, 4) is 11.8 Å². The Morgan fingerprint density at radius 3 is 2.67 bits per heavy atom. The number of rotatable bonds is 8. The van der Waals surface area contributed by atoms with E-state index in [4.69, 9.17) is 21.6 Å². The zero-order chi connectivity index (χ0) is 30.2. The molecule has 43 heavy (non-hydrogen) atoms. The number of nitriles is 1. The second-order valence-electron chi connectivity index (χ2n) is 11.3. The average Bonchev–Trinajstić information content (AvgIpc) is 3.48. The molecule has 11 nitrogen and oxygen atoms in total. The van der Waals surface area contributed by atoms with E-state index in [0.717, 1.165) is 51.0 Å². The molecule has 1 aromatic carbocycles. The molecule has 2 fully saturated rings. The highest BCUT2D eigenvalue weighted by Gasteiger charge is 2.35. The van der Waals surface area contributed by atoms with Crippen molar-refractivity contribution in [2.45, 2.75) is 51.6 Å². The Bertz CT molecular complexity index is 1670. The van der Waals surface area contributed by atoms with E-state index in [1.807, 2.05) is 17.0 Å². The van der Waals surface area contributed by atoms with Crippen LogP contribution in [-0.4, -0.2) is 93.4 Å². The summed E-state index contributed by atoms with van der Waals surface area (Å²) in [5.41, 5.74) is 2.80. The Balaban J connectivity index is 1.46. The normalized spacial score (nSPS) is 18.6. The fourth-order valence-electron chi connectivity index (χ4n) is 6.71. The first-order valence-electron chi connectivity index (χ1n) is 15.0. The molecular weight excluding hydrogens is 566 g/mol. The summed E-state index contributed by atoms with van der Waals surface area (Å²) in [6.07, 6.45) is 5.90. The molecule has 224 valence electrons. The third kappa shape index (κ3) is 5.12. The van der Waals surface area contributed by atoms with E-state index in [0.29, 0.717) is 53.5 Å². The van der Waals surface area contributed by atoms with Crippen LogP contribution in [0.25, 0.3) is 16.6 Å². The lowest BCUT2D eigenvalue weighted by atomic mass is 10.1. The van der Waals surface area contributed by atoms with Gasteiger partial charge in [0.1, 0.15) is 11.3 Å². The molecule has 2 saturated heterocycles.